The molecule has 1 unspecified atom stereocenters. The summed E-state index contributed by atoms with van der Waals surface area (Å²) in [5, 5.41) is 5.85. The van der Waals surface area contributed by atoms with E-state index < -0.39 is 6.10 Å². The molecule has 3 aromatic rings. The number of ether oxygens (including phenoxy) is 2. The smallest absolute Gasteiger partial charge is 0.268 e. The Balaban J connectivity index is 1.56. The SMILES string of the molecule is CCc1ccc(NC(=O)CN2C(=O)C(C)Oc3ccc(-c4csc(CCOC)n4)cc32)cc1. The molecule has 172 valence electrons. The van der Waals surface area contributed by atoms with Crippen LogP contribution in [0, 0.1) is 0 Å². The summed E-state index contributed by atoms with van der Waals surface area (Å²) >= 11 is 1.57. The van der Waals surface area contributed by atoms with E-state index in [1.807, 2.05) is 47.8 Å². The normalized spacial score (nSPS) is 15.2. The van der Waals surface area contributed by atoms with Gasteiger partial charge in [-0.05, 0) is 49.2 Å². The van der Waals surface area contributed by atoms with Gasteiger partial charge in [0.1, 0.15) is 12.3 Å². The Labute approximate surface area is 197 Å². The molecule has 1 N–H and O–H groups in total. The quantitative estimate of drug-likeness (QED) is 0.536. The molecule has 1 aliphatic heterocycles. The molecule has 1 aromatic heterocycles. The van der Waals surface area contributed by atoms with Crippen molar-refractivity contribution in [2.75, 3.05) is 30.5 Å². The third-order valence-corrected chi connectivity index (χ3v) is 6.39. The van der Waals surface area contributed by atoms with Crippen molar-refractivity contribution in [2.45, 2.75) is 32.8 Å². The van der Waals surface area contributed by atoms with Gasteiger partial charge in [-0.1, -0.05) is 19.1 Å². The van der Waals surface area contributed by atoms with Gasteiger partial charge in [0.25, 0.3) is 5.91 Å². The van der Waals surface area contributed by atoms with Gasteiger partial charge in [-0.3, -0.25) is 14.5 Å². The minimum absolute atomic E-state index is 0.103. The molecular formula is C25H27N3O4S. The number of nitrogens with zero attached hydrogens (tertiary/aromatic N) is 2. The van der Waals surface area contributed by atoms with Gasteiger partial charge < -0.3 is 14.8 Å². The van der Waals surface area contributed by atoms with Crippen LogP contribution in [0.15, 0.2) is 47.8 Å². The second kappa shape index (κ2) is 10.1. The van der Waals surface area contributed by atoms with Crippen molar-refractivity contribution < 1.29 is 19.1 Å². The van der Waals surface area contributed by atoms with Gasteiger partial charge in [-0.25, -0.2) is 4.98 Å². The average Bonchev–Trinajstić information content (AvgIpc) is 3.30. The number of anilines is 2. The molecule has 0 radical (unpaired) electrons. The van der Waals surface area contributed by atoms with Crippen LogP contribution < -0.4 is 15.0 Å². The fourth-order valence-electron chi connectivity index (χ4n) is 3.64. The summed E-state index contributed by atoms with van der Waals surface area (Å²) in [6, 6.07) is 13.3. The van der Waals surface area contributed by atoms with Gasteiger partial charge in [0, 0.05) is 30.2 Å². The standard InChI is InChI=1S/C25H27N3O4S/c1-4-17-5-8-19(9-6-17)26-23(29)14-28-21-13-18(7-10-22(21)32-16(2)25(28)30)20-15-33-24(27-20)11-12-31-3/h5-10,13,15-16H,4,11-12,14H2,1-3H3,(H,26,29). The number of nitrogens with one attached hydrogen (secondary N) is 1. The highest BCUT2D eigenvalue weighted by atomic mass is 32.1. The van der Waals surface area contributed by atoms with Crippen molar-refractivity contribution in [3.8, 4) is 17.0 Å². The van der Waals surface area contributed by atoms with E-state index in [0.717, 1.165) is 29.1 Å². The lowest BCUT2D eigenvalue weighted by Gasteiger charge is -2.32. The maximum atomic E-state index is 12.9. The van der Waals surface area contributed by atoms with E-state index in [-0.39, 0.29) is 18.4 Å². The first-order valence-corrected chi connectivity index (χ1v) is 11.8. The van der Waals surface area contributed by atoms with Crippen LogP contribution in [0.4, 0.5) is 11.4 Å². The minimum Gasteiger partial charge on any atom is -0.479 e. The van der Waals surface area contributed by atoms with E-state index in [4.69, 9.17) is 9.47 Å². The molecule has 0 saturated carbocycles. The van der Waals surface area contributed by atoms with Gasteiger partial charge in [-0.2, -0.15) is 0 Å². The van der Waals surface area contributed by atoms with E-state index in [0.29, 0.717) is 23.7 Å². The second-order valence-corrected chi connectivity index (χ2v) is 8.78. The third kappa shape index (κ3) is 5.23. The van der Waals surface area contributed by atoms with Gasteiger partial charge >= 0.3 is 0 Å². The number of aromatic nitrogens is 1. The molecule has 2 heterocycles. The zero-order valence-electron chi connectivity index (χ0n) is 19.0. The van der Waals surface area contributed by atoms with Crippen molar-refractivity contribution >= 4 is 34.5 Å². The van der Waals surface area contributed by atoms with Gasteiger partial charge in [0.15, 0.2) is 6.10 Å². The highest BCUT2D eigenvalue weighted by molar-refractivity contribution is 7.09. The van der Waals surface area contributed by atoms with Crippen LogP contribution in [0.3, 0.4) is 0 Å². The maximum absolute atomic E-state index is 12.9. The molecular weight excluding hydrogens is 438 g/mol. The van der Waals surface area contributed by atoms with Crippen molar-refractivity contribution in [3.63, 3.8) is 0 Å². The van der Waals surface area contributed by atoms with Gasteiger partial charge in [0.05, 0.1) is 23.0 Å². The number of carbonyl (C=O) groups excluding carboxylic acids is 2. The predicted molar refractivity (Wildman–Crippen MR) is 130 cm³/mol. The highest BCUT2D eigenvalue weighted by Gasteiger charge is 2.33. The highest BCUT2D eigenvalue weighted by Crippen LogP contribution is 2.37. The lowest BCUT2D eigenvalue weighted by Crippen LogP contribution is -2.47. The van der Waals surface area contributed by atoms with E-state index in [1.54, 1.807) is 25.4 Å². The molecule has 8 heteroatoms. The number of hydrogen-bond acceptors (Lipinski definition) is 6. The molecule has 2 aromatic carbocycles. The topological polar surface area (TPSA) is 80.8 Å². The Morgan fingerprint density at radius 1 is 1.24 bits per heavy atom. The molecule has 1 atom stereocenters. The molecule has 0 bridgehead atoms. The summed E-state index contributed by atoms with van der Waals surface area (Å²) in [4.78, 5) is 31.9. The first-order chi connectivity index (χ1) is 16.0. The average molecular weight is 466 g/mol. The second-order valence-electron chi connectivity index (χ2n) is 7.83. The first-order valence-electron chi connectivity index (χ1n) is 10.9. The lowest BCUT2D eigenvalue weighted by molar-refractivity contribution is -0.127. The molecule has 0 saturated heterocycles. The van der Waals surface area contributed by atoms with Crippen LogP contribution in [0.1, 0.15) is 24.4 Å². The van der Waals surface area contributed by atoms with E-state index in [9.17, 15) is 9.59 Å². The fourth-order valence-corrected chi connectivity index (χ4v) is 4.43. The number of carbonyl (C=O) groups is 2. The van der Waals surface area contributed by atoms with E-state index >= 15 is 0 Å². The summed E-state index contributed by atoms with van der Waals surface area (Å²) in [5.41, 5.74) is 4.14. The Bertz CT molecular complexity index is 1140. The summed E-state index contributed by atoms with van der Waals surface area (Å²) in [7, 11) is 1.67. The molecule has 1 aliphatic rings. The minimum atomic E-state index is -0.667. The van der Waals surface area contributed by atoms with Crippen LogP contribution in [-0.4, -0.2) is 43.2 Å². The summed E-state index contributed by atoms with van der Waals surface area (Å²) in [6.07, 6.45) is 1.01. The maximum Gasteiger partial charge on any atom is 0.268 e. The molecule has 0 fully saturated rings. The van der Waals surface area contributed by atoms with Crippen molar-refractivity contribution in [1.29, 1.82) is 0 Å². The molecule has 4 rings (SSSR count). The molecule has 0 aliphatic carbocycles. The number of rotatable bonds is 8. The van der Waals surface area contributed by atoms with Gasteiger partial charge in [-0.15, -0.1) is 11.3 Å². The van der Waals surface area contributed by atoms with Crippen LogP contribution in [0.5, 0.6) is 5.75 Å². The van der Waals surface area contributed by atoms with Crippen LogP contribution in [0.2, 0.25) is 0 Å². The summed E-state index contributed by atoms with van der Waals surface area (Å²) in [5.74, 6) is 0.0459. The van der Waals surface area contributed by atoms with Crippen LogP contribution in [-0.2, 0) is 27.2 Å². The number of hydrogen-bond donors (Lipinski definition) is 1. The number of amides is 2. The van der Waals surface area contributed by atoms with Crippen LogP contribution >= 0.6 is 11.3 Å². The summed E-state index contributed by atoms with van der Waals surface area (Å²) in [6.45, 7) is 4.28. The number of benzene rings is 2. The van der Waals surface area contributed by atoms with E-state index in [1.165, 1.54) is 10.5 Å². The molecule has 0 spiro atoms. The van der Waals surface area contributed by atoms with Crippen molar-refractivity contribution in [2.24, 2.45) is 0 Å². The summed E-state index contributed by atoms with van der Waals surface area (Å²) < 4.78 is 10.9. The molecule has 33 heavy (non-hydrogen) atoms. The Hall–Kier alpha value is -3.23. The van der Waals surface area contributed by atoms with Gasteiger partial charge in [0.2, 0.25) is 5.91 Å². The fraction of sp³-hybridized carbons (Fsp3) is 0.320. The third-order valence-electron chi connectivity index (χ3n) is 5.48. The zero-order valence-corrected chi connectivity index (χ0v) is 19.8. The van der Waals surface area contributed by atoms with Crippen LogP contribution in [0.25, 0.3) is 11.3 Å². The molecule has 2 amide bonds. The Morgan fingerprint density at radius 3 is 2.76 bits per heavy atom. The Kier molecular flexibility index (Phi) is 7.05. The van der Waals surface area contributed by atoms with Crippen molar-refractivity contribution in [3.05, 3.63) is 58.4 Å². The number of fused-ring (bicyclic) bond motifs is 1. The zero-order chi connectivity index (χ0) is 23.4. The number of aryl methyl sites for hydroxylation is 1. The number of thiazole rings is 1. The number of methoxy groups -OCH3 is 1. The molecule has 7 nitrogen and oxygen atoms in total. The first kappa shape index (κ1) is 22.9. The monoisotopic (exact) mass is 465 g/mol. The predicted octanol–water partition coefficient (Wildman–Crippen LogP) is 4.31. The largest absolute Gasteiger partial charge is 0.479 e. The Morgan fingerprint density at radius 2 is 2.03 bits per heavy atom. The van der Waals surface area contributed by atoms with Crippen molar-refractivity contribution in [1.82, 2.24) is 4.98 Å². The van der Waals surface area contributed by atoms with E-state index in [2.05, 4.69) is 17.2 Å². The lowest BCUT2D eigenvalue weighted by atomic mass is 10.1.